The summed E-state index contributed by atoms with van der Waals surface area (Å²) >= 11 is 11.7. The minimum Gasteiger partial charge on any atom is -0.468 e. The molecule has 0 spiro atoms. The van der Waals surface area contributed by atoms with Crippen LogP contribution in [0.25, 0.3) is 0 Å². The first-order valence-corrected chi connectivity index (χ1v) is 6.83. The topological polar surface area (TPSA) is 54.3 Å². The standard InChI is InChI=1S/C14H14Cl2N2O2/c1-9(13-3-2-6-20-13)17-8-14(19)18-10-4-5-11(15)12(16)7-10/h2-7,9,17H,8H2,1H3,(H,18,19)/t9-/m1/s1. The zero-order chi connectivity index (χ0) is 14.5. The van der Waals surface area contributed by atoms with Gasteiger partial charge in [0.15, 0.2) is 0 Å². The largest absolute Gasteiger partial charge is 0.468 e. The number of carbonyl (C=O) groups excluding carboxylic acids is 1. The van der Waals surface area contributed by atoms with Crippen molar-refractivity contribution in [2.75, 3.05) is 11.9 Å². The van der Waals surface area contributed by atoms with Crippen molar-refractivity contribution in [3.8, 4) is 0 Å². The van der Waals surface area contributed by atoms with E-state index >= 15 is 0 Å². The minimum atomic E-state index is -0.165. The SMILES string of the molecule is C[C@@H](NCC(=O)Nc1ccc(Cl)c(Cl)c1)c1ccco1. The number of benzene rings is 1. The Labute approximate surface area is 127 Å². The zero-order valence-corrected chi connectivity index (χ0v) is 12.3. The molecule has 1 atom stereocenters. The number of hydrogen-bond donors (Lipinski definition) is 2. The summed E-state index contributed by atoms with van der Waals surface area (Å²) in [7, 11) is 0. The molecule has 2 aromatic rings. The molecule has 0 radical (unpaired) electrons. The monoisotopic (exact) mass is 312 g/mol. The van der Waals surface area contributed by atoms with Gasteiger partial charge < -0.3 is 9.73 Å². The average molecular weight is 313 g/mol. The number of amides is 1. The zero-order valence-electron chi connectivity index (χ0n) is 10.8. The van der Waals surface area contributed by atoms with Crippen LogP contribution in [0, 0.1) is 0 Å². The third kappa shape index (κ3) is 4.00. The Morgan fingerprint density at radius 3 is 2.75 bits per heavy atom. The van der Waals surface area contributed by atoms with Crippen LogP contribution in [-0.2, 0) is 4.79 Å². The lowest BCUT2D eigenvalue weighted by Gasteiger charge is -2.11. The molecule has 106 valence electrons. The summed E-state index contributed by atoms with van der Waals surface area (Å²) in [5.74, 6) is 0.620. The Kier molecular flexibility index (Phi) is 5.06. The summed E-state index contributed by atoms with van der Waals surface area (Å²) in [6, 6.07) is 8.57. The second-order valence-corrected chi connectivity index (χ2v) is 5.11. The van der Waals surface area contributed by atoms with Crippen molar-refractivity contribution in [2.24, 2.45) is 0 Å². The number of hydrogen-bond acceptors (Lipinski definition) is 3. The lowest BCUT2D eigenvalue weighted by atomic mass is 10.2. The number of furan rings is 1. The van der Waals surface area contributed by atoms with Crippen molar-refractivity contribution in [2.45, 2.75) is 13.0 Å². The predicted molar refractivity (Wildman–Crippen MR) is 80.2 cm³/mol. The van der Waals surface area contributed by atoms with Gasteiger partial charge in [0.25, 0.3) is 0 Å². The van der Waals surface area contributed by atoms with E-state index in [0.29, 0.717) is 15.7 Å². The first-order valence-electron chi connectivity index (χ1n) is 6.08. The fourth-order valence-electron chi connectivity index (χ4n) is 1.66. The molecule has 1 aromatic carbocycles. The Hall–Kier alpha value is -1.49. The van der Waals surface area contributed by atoms with Crippen molar-refractivity contribution < 1.29 is 9.21 Å². The fraction of sp³-hybridized carbons (Fsp3) is 0.214. The van der Waals surface area contributed by atoms with E-state index in [2.05, 4.69) is 10.6 Å². The van der Waals surface area contributed by atoms with Crippen LogP contribution in [0.5, 0.6) is 0 Å². The van der Waals surface area contributed by atoms with Gasteiger partial charge in [0.05, 0.1) is 28.9 Å². The van der Waals surface area contributed by atoms with Gasteiger partial charge in [0, 0.05) is 5.69 Å². The van der Waals surface area contributed by atoms with E-state index in [0.717, 1.165) is 5.76 Å². The van der Waals surface area contributed by atoms with Crippen molar-refractivity contribution in [3.63, 3.8) is 0 Å². The highest BCUT2D eigenvalue weighted by atomic mass is 35.5. The van der Waals surface area contributed by atoms with Gasteiger partial charge in [0.1, 0.15) is 5.76 Å². The van der Waals surface area contributed by atoms with Crippen LogP contribution in [-0.4, -0.2) is 12.5 Å². The predicted octanol–water partition coefficient (Wildman–Crippen LogP) is 3.88. The summed E-state index contributed by atoms with van der Waals surface area (Å²) in [5.41, 5.74) is 0.608. The van der Waals surface area contributed by atoms with Crippen LogP contribution >= 0.6 is 23.2 Å². The van der Waals surface area contributed by atoms with E-state index in [1.165, 1.54) is 0 Å². The third-order valence-corrected chi connectivity index (χ3v) is 3.48. The molecule has 0 bridgehead atoms. The van der Waals surface area contributed by atoms with Crippen molar-refractivity contribution >= 4 is 34.8 Å². The number of halogens is 2. The average Bonchev–Trinajstić information content (AvgIpc) is 2.94. The molecule has 20 heavy (non-hydrogen) atoms. The summed E-state index contributed by atoms with van der Waals surface area (Å²) in [6.07, 6.45) is 1.60. The Balaban J connectivity index is 1.85. The molecular weight excluding hydrogens is 299 g/mol. The molecule has 0 saturated carbocycles. The van der Waals surface area contributed by atoms with Crippen molar-refractivity contribution in [1.29, 1.82) is 0 Å². The molecule has 1 aromatic heterocycles. The van der Waals surface area contributed by atoms with E-state index in [1.54, 1.807) is 24.5 Å². The lowest BCUT2D eigenvalue weighted by molar-refractivity contribution is -0.115. The maximum absolute atomic E-state index is 11.8. The maximum Gasteiger partial charge on any atom is 0.238 e. The van der Waals surface area contributed by atoms with Gasteiger partial charge in [-0.1, -0.05) is 23.2 Å². The number of carbonyl (C=O) groups is 1. The molecule has 0 unspecified atom stereocenters. The molecular formula is C14H14Cl2N2O2. The highest BCUT2D eigenvalue weighted by Crippen LogP contribution is 2.24. The molecule has 2 rings (SSSR count). The highest BCUT2D eigenvalue weighted by molar-refractivity contribution is 6.42. The van der Waals surface area contributed by atoms with Crippen LogP contribution in [0.4, 0.5) is 5.69 Å². The minimum absolute atomic E-state index is 0.0374. The van der Waals surface area contributed by atoms with E-state index < -0.39 is 0 Å². The number of nitrogens with one attached hydrogen (secondary N) is 2. The smallest absolute Gasteiger partial charge is 0.238 e. The molecule has 0 aliphatic heterocycles. The van der Waals surface area contributed by atoms with Gasteiger partial charge in [0.2, 0.25) is 5.91 Å². The van der Waals surface area contributed by atoms with E-state index in [9.17, 15) is 4.79 Å². The van der Waals surface area contributed by atoms with Crippen molar-refractivity contribution in [1.82, 2.24) is 5.32 Å². The molecule has 1 heterocycles. The highest BCUT2D eigenvalue weighted by Gasteiger charge is 2.10. The van der Waals surface area contributed by atoms with Crippen LogP contribution in [0.3, 0.4) is 0 Å². The van der Waals surface area contributed by atoms with Crippen LogP contribution < -0.4 is 10.6 Å². The molecule has 1 amide bonds. The molecule has 2 N–H and O–H groups in total. The summed E-state index contributed by atoms with van der Waals surface area (Å²) in [6.45, 7) is 2.09. The lowest BCUT2D eigenvalue weighted by Crippen LogP contribution is -2.29. The molecule has 0 aliphatic carbocycles. The van der Waals surface area contributed by atoms with Gasteiger partial charge in [-0.2, -0.15) is 0 Å². The first kappa shape index (κ1) is 14.9. The Morgan fingerprint density at radius 2 is 2.10 bits per heavy atom. The maximum atomic E-state index is 11.8. The second kappa shape index (κ2) is 6.79. The Morgan fingerprint density at radius 1 is 1.30 bits per heavy atom. The number of rotatable bonds is 5. The van der Waals surface area contributed by atoms with Crippen LogP contribution in [0.1, 0.15) is 18.7 Å². The second-order valence-electron chi connectivity index (χ2n) is 4.30. The molecule has 0 saturated heterocycles. The summed E-state index contributed by atoms with van der Waals surface area (Å²) in [4.78, 5) is 11.8. The van der Waals surface area contributed by atoms with Gasteiger partial charge in [-0.05, 0) is 37.3 Å². The third-order valence-electron chi connectivity index (χ3n) is 2.74. The molecule has 0 aliphatic rings. The molecule has 0 fully saturated rings. The van der Waals surface area contributed by atoms with E-state index in [1.807, 2.05) is 19.1 Å². The fourth-order valence-corrected chi connectivity index (χ4v) is 1.96. The quantitative estimate of drug-likeness (QED) is 0.881. The summed E-state index contributed by atoms with van der Waals surface area (Å²) in [5, 5.41) is 6.66. The van der Waals surface area contributed by atoms with E-state index in [4.69, 9.17) is 27.6 Å². The Bertz CT molecular complexity index is 585. The van der Waals surface area contributed by atoms with Gasteiger partial charge in [-0.25, -0.2) is 0 Å². The normalized spacial score (nSPS) is 12.2. The first-order chi connectivity index (χ1) is 9.56. The summed E-state index contributed by atoms with van der Waals surface area (Å²) < 4.78 is 5.25. The van der Waals surface area contributed by atoms with Crippen LogP contribution in [0.15, 0.2) is 41.0 Å². The van der Waals surface area contributed by atoms with Gasteiger partial charge in [-0.15, -0.1) is 0 Å². The van der Waals surface area contributed by atoms with Gasteiger partial charge in [-0.3, -0.25) is 10.1 Å². The molecule has 6 heteroatoms. The van der Waals surface area contributed by atoms with E-state index in [-0.39, 0.29) is 18.5 Å². The number of anilines is 1. The van der Waals surface area contributed by atoms with Crippen LogP contribution in [0.2, 0.25) is 10.0 Å². The van der Waals surface area contributed by atoms with Gasteiger partial charge >= 0.3 is 0 Å². The van der Waals surface area contributed by atoms with Crippen molar-refractivity contribution in [3.05, 3.63) is 52.4 Å². The molecule has 4 nitrogen and oxygen atoms in total.